The second kappa shape index (κ2) is 10.6. The van der Waals surface area contributed by atoms with Crippen LogP contribution in [0.25, 0.3) is 10.2 Å². The molecule has 8 nitrogen and oxygen atoms in total. The number of rotatable bonds is 8. The van der Waals surface area contributed by atoms with Crippen LogP contribution >= 0.6 is 11.3 Å². The van der Waals surface area contributed by atoms with E-state index in [4.69, 9.17) is 14.2 Å². The van der Waals surface area contributed by atoms with Gasteiger partial charge >= 0.3 is 0 Å². The summed E-state index contributed by atoms with van der Waals surface area (Å²) in [5.41, 5.74) is 3.23. The van der Waals surface area contributed by atoms with Crippen molar-refractivity contribution in [2.24, 2.45) is 0 Å². The molecule has 0 saturated carbocycles. The Morgan fingerprint density at radius 3 is 2.73 bits per heavy atom. The van der Waals surface area contributed by atoms with Crippen LogP contribution in [-0.2, 0) is 16.1 Å². The number of amides is 1. The SMILES string of the molecule is COCc1nc(OC)c2c(C)c(C(=O)NCC(c3cccc(C)c3)N3CCOCC3)sc2n1. The lowest BCUT2D eigenvalue weighted by molar-refractivity contribution is 0.0162. The maximum absolute atomic E-state index is 13.3. The summed E-state index contributed by atoms with van der Waals surface area (Å²) >= 11 is 1.35. The number of fused-ring (bicyclic) bond motifs is 1. The van der Waals surface area contributed by atoms with E-state index in [2.05, 4.69) is 51.4 Å². The number of methoxy groups -OCH3 is 2. The second-order valence-corrected chi connectivity index (χ2v) is 9.11. The van der Waals surface area contributed by atoms with Crippen LogP contribution in [-0.4, -0.2) is 67.8 Å². The lowest BCUT2D eigenvalue weighted by Gasteiger charge is -2.35. The third-order valence-electron chi connectivity index (χ3n) is 5.85. The molecule has 9 heteroatoms. The van der Waals surface area contributed by atoms with Gasteiger partial charge in [0.25, 0.3) is 5.91 Å². The van der Waals surface area contributed by atoms with E-state index in [1.807, 2.05) is 6.92 Å². The van der Waals surface area contributed by atoms with Crippen LogP contribution in [0.5, 0.6) is 5.88 Å². The Morgan fingerprint density at radius 2 is 2.03 bits per heavy atom. The average molecular weight is 471 g/mol. The van der Waals surface area contributed by atoms with Crippen LogP contribution in [0.1, 0.15) is 38.2 Å². The van der Waals surface area contributed by atoms with E-state index in [0.29, 0.717) is 36.3 Å². The highest BCUT2D eigenvalue weighted by Gasteiger charge is 2.25. The molecule has 176 valence electrons. The largest absolute Gasteiger partial charge is 0.480 e. The summed E-state index contributed by atoms with van der Waals surface area (Å²) in [6, 6.07) is 8.55. The van der Waals surface area contributed by atoms with Gasteiger partial charge in [-0.05, 0) is 25.0 Å². The van der Waals surface area contributed by atoms with Gasteiger partial charge in [0, 0.05) is 26.7 Å². The zero-order valence-electron chi connectivity index (χ0n) is 19.5. The van der Waals surface area contributed by atoms with Crippen molar-refractivity contribution in [2.75, 3.05) is 47.1 Å². The number of nitrogens with one attached hydrogen (secondary N) is 1. The Morgan fingerprint density at radius 1 is 1.24 bits per heavy atom. The molecule has 1 aliphatic heterocycles. The maximum Gasteiger partial charge on any atom is 0.261 e. The summed E-state index contributed by atoms with van der Waals surface area (Å²) in [6.45, 7) is 7.87. The molecule has 1 atom stereocenters. The van der Waals surface area contributed by atoms with Crippen LogP contribution in [0.15, 0.2) is 24.3 Å². The van der Waals surface area contributed by atoms with Crippen LogP contribution in [0.2, 0.25) is 0 Å². The number of benzene rings is 1. The van der Waals surface area contributed by atoms with Gasteiger partial charge in [0.2, 0.25) is 5.88 Å². The molecule has 3 heterocycles. The highest BCUT2D eigenvalue weighted by atomic mass is 32.1. The highest BCUT2D eigenvalue weighted by molar-refractivity contribution is 7.20. The van der Waals surface area contributed by atoms with Crippen molar-refractivity contribution < 1.29 is 19.0 Å². The molecule has 0 aliphatic carbocycles. The number of aromatic nitrogens is 2. The number of carbonyl (C=O) groups is 1. The molecule has 0 spiro atoms. The molecule has 1 aromatic carbocycles. The standard InChI is InChI=1S/C24H30N4O4S/c1-15-6-5-7-17(12-15)18(28-8-10-32-11-9-28)13-25-22(29)21-16(2)20-23(31-4)26-19(14-30-3)27-24(20)33-21/h5-7,12,18H,8-11,13-14H2,1-4H3,(H,25,29). The smallest absolute Gasteiger partial charge is 0.261 e. The minimum Gasteiger partial charge on any atom is -0.480 e. The number of aryl methyl sites for hydroxylation is 2. The van der Waals surface area contributed by atoms with E-state index in [0.717, 1.165) is 28.9 Å². The fraction of sp³-hybridized carbons (Fsp3) is 0.458. The Kier molecular flexibility index (Phi) is 7.54. The molecular weight excluding hydrogens is 440 g/mol. The van der Waals surface area contributed by atoms with Crippen molar-refractivity contribution in [3.05, 3.63) is 51.7 Å². The molecule has 1 N–H and O–H groups in total. The molecule has 0 bridgehead atoms. The van der Waals surface area contributed by atoms with E-state index in [1.165, 1.54) is 22.5 Å². The first kappa shape index (κ1) is 23.6. The molecule has 1 fully saturated rings. The van der Waals surface area contributed by atoms with E-state index < -0.39 is 0 Å². The third-order valence-corrected chi connectivity index (χ3v) is 7.03. The molecule has 1 unspecified atom stereocenters. The van der Waals surface area contributed by atoms with Crippen molar-refractivity contribution in [1.29, 1.82) is 0 Å². The van der Waals surface area contributed by atoms with Crippen LogP contribution < -0.4 is 10.1 Å². The van der Waals surface area contributed by atoms with Gasteiger partial charge in [-0.15, -0.1) is 11.3 Å². The Balaban J connectivity index is 1.59. The van der Waals surface area contributed by atoms with Crippen LogP contribution in [0.3, 0.4) is 0 Å². The Labute approximate surface area is 197 Å². The first-order valence-electron chi connectivity index (χ1n) is 11.0. The number of morpholine rings is 1. The Hall–Kier alpha value is -2.59. The lowest BCUT2D eigenvalue weighted by Crippen LogP contribution is -2.43. The topological polar surface area (TPSA) is 85.8 Å². The number of nitrogens with zero attached hydrogens (tertiary/aromatic N) is 3. The third kappa shape index (κ3) is 5.16. The van der Waals surface area contributed by atoms with Crippen molar-refractivity contribution >= 4 is 27.5 Å². The summed E-state index contributed by atoms with van der Waals surface area (Å²) in [7, 11) is 3.17. The van der Waals surface area contributed by atoms with Gasteiger partial charge in [-0.2, -0.15) is 4.98 Å². The summed E-state index contributed by atoms with van der Waals surface area (Å²) in [5, 5.41) is 3.94. The first-order valence-corrected chi connectivity index (χ1v) is 11.8. The number of hydrogen-bond donors (Lipinski definition) is 1. The summed E-state index contributed by atoms with van der Waals surface area (Å²) in [4.78, 5) is 26.0. The molecule has 4 rings (SSSR count). The van der Waals surface area contributed by atoms with Gasteiger partial charge in [0.15, 0.2) is 5.82 Å². The minimum absolute atomic E-state index is 0.0788. The normalized spacial score (nSPS) is 15.5. The molecule has 0 radical (unpaired) electrons. The maximum atomic E-state index is 13.3. The summed E-state index contributed by atoms with van der Waals surface area (Å²) in [5.74, 6) is 0.879. The van der Waals surface area contributed by atoms with Gasteiger partial charge in [-0.1, -0.05) is 29.8 Å². The van der Waals surface area contributed by atoms with Crippen LogP contribution in [0, 0.1) is 13.8 Å². The molecule has 1 amide bonds. The monoisotopic (exact) mass is 470 g/mol. The Bertz CT molecular complexity index is 1130. The highest BCUT2D eigenvalue weighted by Crippen LogP contribution is 2.35. The van der Waals surface area contributed by atoms with Crippen molar-refractivity contribution in [3.63, 3.8) is 0 Å². The molecular formula is C24H30N4O4S. The van der Waals surface area contributed by atoms with Gasteiger partial charge in [-0.25, -0.2) is 4.98 Å². The number of hydrogen-bond acceptors (Lipinski definition) is 8. The summed E-state index contributed by atoms with van der Waals surface area (Å²) < 4.78 is 16.2. The van der Waals surface area contributed by atoms with Gasteiger partial charge < -0.3 is 19.5 Å². The summed E-state index contributed by atoms with van der Waals surface area (Å²) in [6.07, 6.45) is 0. The van der Waals surface area contributed by atoms with E-state index in [-0.39, 0.29) is 18.6 Å². The van der Waals surface area contributed by atoms with E-state index >= 15 is 0 Å². The lowest BCUT2D eigenvalue weighted by atomic mass is 10.0. The number of thiophene rings is 1. The van der Waals surface area contributed by atoms with Crippen molar-refractivity contribution in [3.8, 4) is 5.88 Å². The predicted octanol–water partition coefficient (Wildman–Crippen LogP) is 3.27. The van der Waals surface area contributed by atoms with E-state index in [1.54, 1.807) is 14.2 Å². The first-order chi connectivity index (χ1) is 16.0. The van der Waals surface area contributed by atoms with Crippen molar-refractivity contribution in [2.45, 2.75) is 26.5 Å². The zero-order chi connectivity index (χ0) is 23.4. The van der Waals surface area contributed by atoms with Crippen LogP contribution in [0.4, 0.5) is 0 Å². The zero-order valence-corrected chi connectivity index (χ0v) is 20.3. The molecule has 33 heavy (non-hydrogen) atoms. The fourth-order valence-electron chi connectivity index (χ4n) is 4.20. The number of carbonyl (C=O) groups excluding carboxylic acids is 1. The molecule has 2 aromatic heterocycles. The van der Waals surface area contributed by atoms with Crippen molar-refractivity contribution in [1.82, 2.24) is 20.2 Å². The fourth-order valence-corrected chi connectivity index (χ4v) is 5.30. The van der Waals surface area contributed by atoms with Gasteiger partial charge in [0.05, 0.1) is 36.6 Å². The minimum atomic E-state index is -0.114. The van der Waals surface area contributed by atoms with E-state index in [9.17, 15) is 4.79 Å². The molecule has 3 aromatic rings. The van der Waals surface area contributed by atoms with Gasteiger partial charge in [-0.3, -0.25) is 9.69 Å². The number of ether oxygens (including phenoxy) is 3. The second-order valence-electron chi connectivity index (χ2n) is 8.11. The molecule has 1 aliphatic rings. The molecule has 1 saturated heterocycles. The quantitative estimate of drug-likeness (QED) is 0.541. The van der Waals surface area contributed by atoms with Gasteiger partial charge in [0.1, 0.15) is 11.4 Å². The predicted molar refractivity (Wildman–Crippen MR) is 128 cm³/mol. The average Bonchev–Trinajstić information content (AvgIpc) is 3.16.